The van der Waals surface area contributed by atoms with Gasteiger partial charge in [0.05, 0.1) is 11.0 Å². The van der Waals surface area contributed by atoms with Crippen molar-refractivity contribution in [1.82, 2.24) is 0 Å². The topological polar surface area (TPSA) is 122 Å². The van der Waals surface area contributed by atoms with Crippen LogP contribution in [-0.4, -0.2) is 36.3 Å². The van der Waals surface area contributed by atoms with Gasteiger partial charge >= 0.3 is 0 Å². The molecule has 0 amide bonds. The van der Waals surface area contributed by atoms with Crippen LogP contribution in [0.5, 0.6) is 0 Å². The zero-order valence-electron chi connectivity index (χ0n) is 8.73. The monoisotopic (exact) mass is 252 g/mol. The molecule has 8 heteroatoms. The first-order chi connectivity index (χ1) is 6.75. The van der Waals surface area contributed by atoms with E-state index >= 15 is 0 Å². The van der Waals surface area contributed by atoms with Gasteiger partial charge in [-0.1, -0.05) is 11.8 Å². The van der Waals surface area contributed by atoms with Gasteiger partial charge in [-0.15, -0.1) is 0 Å². The quantitative estimate of drug-likeness (QED) is 0.470. The van der Waals surface area contributed by atoms with Gasteiger partial charge in [-0.3, -0.25) is 5.41 Å². The van der Waals surface area contributed by atoms with Crippen LogP contribution in [0.3, 0.4) is 0 Å². The van der Waals surface area contributed by atoms with Crippen LogP contribution in [-0.2, 0) is 9.84 Å². The molecule has 0 aliphatic carbocycles. The number of hydrogen-bond acceptors (Lipinski definition) is 4. The predicted molar refractivity (Wildman–Crippen MR) is 64.9 cm³/mol. The molecule has 0 aromatic rings. The molecule has 15 heavy (non-hydrogen) atoms. The molecule has 0 spiro atoms. The summed E-state index contributed by atoms with van der Waals surface area (Å²) in [6.45, 7) is 3.25. The molecule has 0 heterocycles. The van der Waals surface area contributed by atoms with Gasteiger partial charge < -0.3 is 11.5 Å². The van der Waals surface area contributed by atoms with Crippen molar-refractivity contribution in [3.63, 3.8) is 0 Å². The first kappa shape index (κ1) is 14.2. The van der Waals surface area contributed by atoms with Crippen molar-refractivity contribution >= 4 is 32.7 Å². The van der Waals surface area contributed by atoms with Crippen molar-refractivity contribution < 1.29 is 8.42 Å². The van der Waals surface area contributed by atoms with Gasteiger partial charge in [-0.2, -0.15) is 4.99 Å². The van der Waals surface area contributed by atoms with Crippen LogP contribution in [0.1, 0.15) is 13.8 Å². The third-order valence-corrected chi connectivity index (χ3v) is 4.80. The molecule has 0 atom stereocenters. The third-order valence-electron chi connectivity index (χ3n) is 1.56. The maximum absolute atomic E-state index is 11.4. The highest BCUT2D eigenvalue weighted by atomic mass is 32.2. The van der Waals surface area contributed by atoms with E-state index in [4.69, 9.17) is 16.9 Å². The maximum atomic E-state index is 11.4. The first-order valence-electron chi connectivity index (χ1n) is 4.28. The largest absolute Gasteiger partial charge is 0.370 e. The molecule has 0 aliphatic rings. The molecule has 6 nitrogen and oxygen atoms in total. The molecule has 0 saturated carbocycles. The minimum absolute atomic E-state index is 0.0255. The summed E-state index contributed by atoms with van der Waals surface area (Å²) in [5.74, 6) is 0.118. The van der Waals surface area contributed by atoms with E-state index < -0.39 is 15.1 Å². The number of thioether (sulfide) groups is 1. The fourth-order valence-electron chi connectivity index (χ4n) is 0.640. The lowest BCUT2D eigenvalue weighted by atomic mass is 10.6. The lowest BCUT2D eigenvalue weighted by molar-refractivity contribution is 0.589. The second kappa shape index (κ2) is 5.96. The van der Waals surface area contributed by atoms with E-state index in [-0.39, 0.29) is 22.6 Å². The molecule has 0 aromatic heterocycles. The van der Waals surface area contributed by atoms with Crippen molar-refractivity contribution in [3.8, 4) is 0 Å². The Morgan fingerprint density at radius 3 is 2.40 bits per heavy atom. The molecular formula is C7H16N4O2S2. The van der Waals surface area contributed by atoms with E-state index in [9.17, 15) is 8.42 Å². The average Bonchev–Trinajstić information content (AvgIpc) is 2.01. The number of nitrogens with two attached hydrogens (primary N) is 2. The summed E-state index contributed by atoms with van der Waals surface area (Å²) in [7, 11) is -3.05. The van der Waals surface area contributed by atoms with Crippen LogP contribution in [0, 0.1) is 5.41 Å². The van der Waals surface area contributed by atoms with Gasteiger partial charge in [-0.05, 0) is 13.8 Å². The predicted octanol–water partition coefficient (Wildman–Crippen LogP) is -0.249. The Balaban J connectivity index is 4.02. The lowest BCUT2D eigenvalue weighted by Crippen LogP contribution is -2.24. The number of amidine groups is 1. The van der Waals surface area contributed by atoms with Crippen molar-refractivity contribution in [3.05, 3.63) is 0 Å². The van der Waals surface area contributed by atoms with Crippen molar-refractivity contribution in [1.29, 1.82) is 5.41 Å². The number of sulfone groups is 1. The van der Waals surface area contributed by atoms with Gasteiger partial charge in [0.15, 0.2) is 21.0 Å². The fraction of sp³-hybridized carbons (Fsp3) is 0.714. The zero-order valence-corrected chi connectivity index (χ0v) is 10.4. The molecule has 0 aromatic carbocycles. The van der Waals surface area contributed by atoms with Gasteiger partial charge in [0.1, 0.15) is 0 Å². The first-order valence-corrected chi connectivity index (χ1v) is 6.98. The normalized spacial score (nSPS) is 11.4. The molecule has 0 radical (unpaired) electrons. The molecule has 5 N–H and O–H groups in total. The molecule has 0 bridgehead atoms. The standard InChI is InChI=1S/C7H16N4O2S2/c1-5(2)15(12,13)4-3-14-7(10)11-6(8)9/h5H,3-4H2,1-2H3,(H5,8,9,10,11). The van der Waals surface area contributed by atoms with Crippen LogP contribution in [0.25, 0.3) is 0 Å². The van der Waals surface area contributed by atoms with Crippen molar-refractivity contribution in [2.45, 2.75) is 19.1 Å². The number of rotatable bonds is 4. The smallest absolute Gasteiger partial charge is 0.193 e. The van der Waals surface area contributed by atoms with E-state index in [1.165, 1.54) is 0 Å². The minimum atomic E-state index is -3.05. The number of hydrogen-bond donors (Lipinski definition) is 3. The molecule has 0 saturated heterocycles. The SMILES string of the molecule is CC(C)S(=O)(=O)CCSC(=N)N=C(N)N. The highest BCUT2D eigenvalue weighted by Gasteiger charge is 2.15. The third kappa shape index (κ3) is 6.34. The summed E-state index contributed by atoms with van der Waals surface area (Å²) in [5.41, 5.74) is 10.1. The number of aliphatic imine (C=N–C) groups is 1. The Morgan fingerprint density at radius 2 is 2.00 bits per heavy atom. The summed E-state index contributed by atoms with van der Waals surface area (Å²) in [4.78, 5) is 3.47. The number of guanidine groups is 1. The summed E-state index contributed by atoms with van der Waals surface area (Å²) < 4.78 is 22.7. The Labute approximate surface area is 93.9 Å². The van der Waals surface area contributed by atoms with Gasteiger partial charge in [0.2, 0.25) is 0 Å². The van der Waals surface area contributed by atoms with Crippen LogP contribution in [0.15, 0.2) is 4.99 Å². The molecular weight excluding hydrogens is 236 g/mol. The number of nitrogens with zero attached hydrogens (tertiary/aromatic N) is 1. The Morgan fingerprint density at radius 1 is 1.47 bits per heavy atom. The minimum Gasteiger partial charge on any atom is -0.370 e. The maximum Gasteiger partial charge on any atom is 0.193 e. The molecule has 0 fully saturated rings. The molecule has 0 rings (SSSR count). The summed E-state index contributed by atoms with van der Waals surface area (Å²) >= 11 is 1.01. The second-order valence-corrected chi connectivity index (χ2v) is 6.87. The molecule has 0 aliphatic heterocycles. The van der Waals surface area contributed by atoms with Crippen LogP contribution in [0.4, 0.5) is 0 Å². The zero-order chi connectivity index (χ0) is 12.1. The average molecular weight is 252 g/mol. The van der Waals surface area contributed by atoms with Crippen LogP contribution >= 0.6 is 11.8 Å². The fourth-order valence-corrected chi connectivity index (χ4v) is 2.74. The van der Waals surface area contributed by atoms with E-state index in [0.717, 1.165) is 11.8 Å². The van der Waals surface area contributed by atoms with Gasteiger partial charge in [0, 0.05) is 5.75 Å². The Kier molecular flexibility index (Phi) is 5.66. The van der Waals surface area contributed by atoms with Crippen LogP contribution < -0.4 is 11.5 Å². The van der Waals surface area contributed by atoms with Crippen molar-refractivity contribution in [2.75, 3.05) is 11.5 Å². The van der Waals surface area contributed by atoms with E-state index in [1.807, 2.05) is 0 Å². The highest BCUT2D eigenvalue weighted by molar-refractivity contribution is 8.14. The Hall–Kier alpha value is -0.760. The number of nitrogens with one attached hydrogen (secondary N) is 1. The Bertz CT molecular complexity index is 344. The van der Waals surface area contributed by atoms with E-state index in [2.05, 4.69) is 4.99 Å². The summed E-state index contributed by atoms with van der Waals surface area (Å²) in [6.07, 6.45) is 0. The molecule has 0 unspecified atom stereocenters. The van der Waals surface area contributed by atoms with Crippen molar-refractivity contribution in [2.24, 2.45) is 16.5 Å². The molecule has 88 valence electrons. The van der Waals surface area contributed by atoms with Gasteiger partial charge in [0.25, 0.3) is 0 Å². The van der Waals surface area contributed by atoms with Crippen LogP contribution in [0.2, 0.25) is 0 Å². The lowest BCUT2D eigenvalue weighted by Gasteiger charge is -2.06. The second-order valence-electron chi connectivity index (χ2n) is 3.11. The summed E-state index contributed by atoms with van der Waals surface area (Å²) in [5, 5.41) is 6.79. The van der Waals surface area contributed by atoms with Gasteiger partial charge in [-0.25, -0.2) is 8.42 Å². The highest BCUT2D eigenvalue weighted by Crippen LogP contribution is 2.08. The van der Waals surface area contributed by atoms with E-state index in [1.54, 1.807) is 13.8 Å². The summed E-state index contributed by atoms with van der Waals surface area (Å²) in [6, 6.07) is 0. The van der Waals surface area contributed by atoms with E-state index in [0.29, 0.717) is 0 Å².